The van der Waals surface area contributed by atoms with Crippen LogP contribution in [0.5, 0.6) is 0 Å². The van der Waals surface area contributed by atoms with Crippen LogP contribution in [0.3, 0.4) is 0 Å². The Balaban J connectivity index is 1.67. The number of morpholine rings is 1. The summed E-state index contributed by atoms with van der Waals surface area (Å²) < 4.78 is 6.21. The molecular formula is C19H20N4O6. The molecule has 152 valence electrons. The van der Waals surface area contributed by atoms with E-state index in [4.69, 9.17) is 4.74 Å². The van der Waals surface area contributed by atoms with Gasteiger partial charge in [0.25, 0.3) is 5.69 Å². The van der Waals surface area contributed by atoms with Gasteiger partial charge in [0, 0.05) is 30.8 Å². The molecule has 1 spiro atoms. The fraction of sp³-hybridized carbons (Fsp3) is 0.526. The Bertz CT molecular complexity index is 938. The minimum atomic E-state index is -1.61. The van der Waals surface area contributed by atoms with Crippen LogP contribution in [-0.2, 0) is 20.7 Å². The summed E-state index contributed by atoms with van der Waals surface area (Å²) in [5.41, 5.74) is -0.405. The first kappa shape index (κ1) is 18.0. The maximum atomic E-state index is 13.0. The summed E-state index contributed by atoms with van der Waals surface area (Å²) in [6.45, 7) is 2.32. The zero-order chi connectivity index (χ0) is 20.5. The van der Waals surface area contributed by atoms with Crippen molar-refractivity contribution in [2.75, 3.05) is 11.4 Å². The molecule has 4 aliphatic rings. The van der Waals surface area contributed by atoms with E-state index in [0.29, 0.717) is 18.0 Å². The molecule has 2 N–H and O–H groups in total. The highest BCUT2D eigenvalue weighted by atomic mass is 16.6. The lowest BCUT2D eigenvalue weighted by atomic mass is 9.66. The Kier molecular flexibility index (Phi) is 3.73. The van der Waals surface area contributed by atoms with Crippen LogP contribution in [0.25, 0.3) is 0 Å². The summed E-state index contributed by atoms with van der Waals surface area (Å²) >= 11 is 0. The molecule has 2 saturated heterocycles. The molecule has 4 amide bonds. The van der Waals surface area contributed by atoms with Crippen LogP contribution >= 0.6 is 0 Å². The largest absolute Gasteiger partial charge is 0.371 e. The zero-order valence-electron chi connectivity index (χ0n) is 15.7. The summed E-state index contributed by atoms with van der Waals surface area (Å²) in [6, 6.07) is 3.04. The smallest absolute Gasteiger partial charge is 0.328 e. The SMILES string of the molecule is C[C@@H]1O[C@H](C2CC2)CN2c3ccc([N+](=O)[O-])cc3CC3(C(=O)NC(=O)NC3=O)[C@@H]12. The van der Waals surface area contributed by atoms with Crippen molar-refractivity contribution < 1.29 is 24.0 Å². The van der Waals surface area contributed by atoms with Gasteiger partial charge in [0.2, 0.25) is 11.8 Å². The number of ether oxygens (including phenoxy) is 1. The van der Waals surface area contributed by atoms with E-state index in [2.05, 4.69) is 10.6 Å². The number of rotatable bonds is 2. The van der Waals surface area contributed by atoms with Crippen molar-refractivity contribution in [2.45, 2.75) is 44.4 Å². The van der Waals surface area contributed by atoms with Crippen LogP contribution in [0.4, 0.5) is 16.2 Å². The summed E-state index contributed by atoms with van der Waals surface area (Å²) in [6.07, 6.45) is 1.63. The topological polar surface area (TPSA) is 131 Å². The first-order valence-electron chi connectivity index (χ1n) is 9.67. The van der Waals surface area contributed by atoms with E-state index in [0.717, 1.165) is 18.5 Å². The number of nitro benzene ring substituents is 1. The predicted molar refractivity (Wildman–Crippen MR) is 99.1 cm³/mol. The molecule has 10 heteroatoms. The summed E-state index contributed by atoms with van der Waals surface area (Å²) in [5, 5.41) is 15.7. The number of non-ortho nitro benzene ring substituents is 1. The van der Waals surface area contributed by atoms with Gasteiger partial charge in [-0.05, 0) is 37.3 Å². The van der Waals surface area contributed by atoms with E-state index in [-0.39, 0.29) is 18.2 Å². The Morgan fingerprint density at radius 2 is 1.90 bits per heavy atom. The number of barbiturate groups is 1. The standard InChI is InChI=1S/C19H20N4O6/c1-9-15-19(16(24)20-18(26)21-17(19)25)7-11-6-12(23(27)28)4-5-13(11)22(15)8-14(29-9)10-2-3-10/h4-6,9-10,14-15H,2-3,7-8H2,1H3,(H2,20,21,24,25,26)/t9-,14-,15+/m0/s1. The van der Waals surface area contributed by atoms with E-state index in [1.165, 1.54) is 12.1 Å². The van der Waals surface area contributed by atoms with Gasteiger partial charge in [-0.3, -0.25) is 30.3 Å². The van der Waals surface area contributed by atoms with E-state index >= 15 is 0 Å². The van der Waals surface area contributed by atoms with Gasteiger partial charge in [-0.1, -0.05) is 0 Å². The molecule has 0 aromatic heterocycles. The molecule has 1 aromatic carbocycles. The van der Waals surface area contributed by atoms with Crippen LogP contribution in [0.2, 0.25) is 0 Å². The minimum Gasteiger partial charge on any atom is -0.371 e. The molecule has 3 fully saturated rings. The molecule has 29 heavy (non-hydrogen) atoms. The fourth-order valence-electron chi connectivity index (χ4n) is 5.10. The number of nitrogens with one attached hydrogen (secondary N) is 2. The number of hydrogen-bond donors (Lipinski definition) is 2. The van der Waals surface area contributed by atoms with E-state index in [1.807, 2.05) is 11.8 Å². The van der Waals surface area contributed by atoms with Crippen molar-refractivity contribution in [1.82, 2.24) is 10.6 Å². The first-order valence-corrected chi connectivity index (χ1v) is 9.67. The normalized spacial score (nSPS) is 30.3. The maximum Gasteiger partial charge on any atom is 0.328 e. The predicted octanol–water partition coefficient (Wildman–Crippen LogP) is 0.876. The van der Waals surface area contributed by atoms with Gasteiger partial charge in [-0.2, -0.15) is 0 Å². The molecule has 1 saturated carbocycles. The average molecular weight is 400 g/mol. The number of carbonyl (C=O) groups is 3. The van der Waals surface area contributed by atoms with E-state index in [9.17, 15) is 24.5 Å². The van der Waals surface area contributed by atoms with Crippen LogP contribution in [0, 0.1) is 21.4 Å². The van der Waals surface area contributed by atoms with Gasteiger partial charge in [0.05, 0.1) is 23.2 Å². The highest BCUT2D eigenvalue weighted by Gasteiger charge is 2.63. The third-order valence-electron chi connectivity index (χ3n) is 6.52. The molecule has 1 aromatic rings. The number of amides is 4. The zero-order valence-corrected chi connectivity index (χ0v) is 15.7. The van der Waals surface area contributed by atoms with Gasteiger partial charge >= 0.3 is 6.03 Å². The molecule has 3 aliphatic heterocycles. The summed E-state index contributed by atoms with van der Waals surface area (Å²) in [7, 11) is 0. The number of hydrogen-bond acceptors (Lipinski definition) is 7. The third kappa shape index (κ3) is 2.55. The highest BCUT2D eigenvalue weighted by Crippen LogP contribution is 2.49. The lowest BCUT2D eigenvalue weighted by Crippen LogP contribution is -2.75. The number of carbonyl (C=O) groups excluding carboxylic acids is 3. The molecule has 1 aliphatic carbocycles. The van der Waals surface area contributed by atoms with Crippen molar-refractivity contribution in [3.63, 3.8) is 0 Å². The van der Waals surface area contributed by atoms with Crippen LogP contribution in [0.1, 0.15) is 25.3 Å². The number of nitro groups is 1. The summed E-state index contributed by atoms with van der Waals surface area (Å²) in [5.74, 6) is -0.953. The van der Waals surface area contributed by atoms with Crippen molar-refractivity contribution in [1.29, 1.82) is 0 Å². The number of urea groups is 1. The Morgan fingerprint density at radius 1 is 1.21 bits per heavy atom. The number of imide groups is 2. The van der Waals surface area contributed by atoms with Crippen LogP contribution in [0.15, 0.2) is 18.2 Å². The number of anilines is 1. The van der Waals surface area contributed by atoms with Crippen LogP contribution in [-0.4, -0.2) is 47.6 Å². The van der Waals surface area contributed by atoms with Gasteiger partial charge < -0.3 is 9.64 Å². The fourth-order valence-corrected chi connectivity index (χ4v) is 5.10. The molecule has 0 bridgehead atoms. The number of benzene rings is 1. The first-order chi connectivity index (χ1) is 13.8. The van der Waals surface area contributed by atoms with Gasteiger partial charge in [0.15, 0.2) is 5.41 Å². The molecular weight excluding hydrogens is 380 g/mol. The van der Waals surface area contributed by atoms with E-state index in [1.54, 1.807) is 6.07 Å². The van der Waals surface area contributed by atoms with Gasteiger partial charge in [-0.15, -0.1) is 0 Å². The van der Waals surface area contributed by atoms with E-state index < -0.39 is 40.3 Å². The Hall–Kier alpha value is -3.01. The molecule has 5 rings (SSSR count). The number of fused-ring (bicyclic) bond motifs is 4. The number of nitrogens with zero attached hydrogens (tertiary/aromatic N) is 2. The molecule has 0 radical (unpaired) electrons. The monoisotopic (exact) mass is 400 g/mol. The lowest BCUT2D eigenvalue weighted by Gasteiger charge is -2.55. The molecule has 0 unspecified atom stereocenters. The van der Waals surface area contributed by atoms with Crippen molar-refractivity contribution >= 4 is 29.2 Å². The summed E-state index contributed by atoms with van der Waals surface area (Å²) in [4.78, 5) is 50.5. The Morgan fingerprint density at radius 3 is 2.52 bits per heavy atom. The average Bonchev–Trinajstić information content (AvgIpc) is 3.50. The Labute approximate surface area is 165 Å². The van der Waals surface area contributed by atoms with Gasteiger partial charge in [0.1, 0.15) is 0 Å². The second kappa shape index (κ2) is 5.99. The molecule has 3 atom stereocenters. The molecule has 10 nitrogen and oxygen atoms in total. The van der Waals surface area contributed by atoms with Crippen molar-refractivity contribution in [2.24, 2.45) is 11.3 Å². The lowest BCUT2D eigenvalue weighted by molar-refractivity contribution is -0.384. The second-order valence-electron chi connectivity index (χ2n) is 8.27. The quantitative estimate of drug-likeness (QED) is 0.428. The van der Waals surface area contributed by atoms with Crippen molar-refractivity contribution in [3.05, 3.63) is 33.9 Å². The molecule has 3 heterocycles. The highest BCUT2D eigenvalue weighted by molar-refractivity contribution is 6.20. The minimum absolute atomic E-state index is 0.0317. The second-order valence-corrected chi connectivity index (χ2v) is 8.27. The van der Waals surface area contributed by atoms with Gasteiger partial charge in [-0.25, -0.2) is 4.79 Å². The van der Waals surface area contributed by atoms with Crippen molar-refractivity contribution in [3.8, 4) is 0 Å². The van der Waals surface area contributed by atoms with Crippen LogP contribution < -0.4 is 15.5 Å². The maximum absolute atomic E-state index is 13.0. The third-order valence-corrected chi connectivity index (χ3v) is 6.52.